The van der Waals surface area contributed by atoms with Crippen molar-refractivity contribution in [1.29, 1.82) is 0 Å². The van der Waals surface area contributed by atoms with Crippen molar-refractivity contribution in [3.05, 3.63) is 74.8 Å². The summed E-state index contributed by atoms with van der Waals surface area (Å²) in [6.07, 6.45) is 1.79. The van der Waals surface area contributed by atoms with E-state index in [9.17, 15) is 9.18 Å². The second-order valence-corrected chi connectivity index (χ2v) is 6.33. The van der Waals surface area contributed by atoms with Crippen molar-refractivity contribution in [3.63, 3.8) is 0 Å². The fourth-order valence-corrected chi connectivity index (χ4v) is 3.31. The first-order valence-electron chi connectivity index (χ1n) is 7.45. The molecule has 5 nitrogen and oxygen atoms in total. The highest BCUT2D eigenvalue weighted by Gasteiger charge is 2.12. The Morgan fingerprint density at radius 1 is 1.12 bits per heavy atom. The summed E-state index contributed by atoms with van der Waals surface area (Å²) in [5.74, 6) is 0.830. The molecule has 0 saturated heterocycles. The molecule has 2 aromatic heterocycles. The van der Waals surface area contributed by atoms with Crippen molar-refractivity contribution >= 4 is 22.4 Å². The van der Waals surface area contributed by atoms with E-state index in [4.69, 9.17) is 4.74 Å². The predicted octanol–water partition coefficient (Wildman–Crippen LogP) is 2.51. The molecule has 0 radical (unpaired) electrons. The smallest absolute Gasteiger partial charge is 0.291 e. The van der Waals surface area contributed by atoms with Gasteiger partial charge in [-0.15, -0.1) is 5.10 Å². The quantitative estimate of drug-likeness (QED) is 0.568. The Balaban J connectivity index is 1.76. The van der Waals surface area contributed by atoms with Gasteiger partial charge in [0.2, 0.25) is 4.96 Å². The predicted molar refractivity (Wildman–Crippen MR) is 94.3 cm³/mol. The highest BCUT2D eigenvalue weighted by molar-refractivity contribution is 7.15. The van der Waals surface area contributed by atoms with Crippen molar-refractivity contribution in [3.8, 4) is 17.1 Å². The minimum Gasteiger partial charge on any atom is -0.497 e. The van der Waals surface area contributed by atoms with Crippen LogP contribution in [0.3, 0.4) is 0 Å². The van der Waals surface area contributed by atoms with Gasteiger partial charge in [-0.05, 0) is 48.0 Å². The number of hydrogen-bond donors (Lipinski definition) is 0. The topological polar surface area (TPSA) is 56.5 Å². The van der Waals surface area contributed by atoms with Crippen LogP contribution in [0, 0.1) is 5.82 Å². The largest absolute Gasteiger partial charge is 0.497 e. The Kier molecular flexibility index (Phi) is 3.77. The molecule has 0 fully saturated rings. The monoisotopic (exact) mass is 353 g/mol. The van der Waals surface area contributed by atoms with Crippen molar-refractivity contribution < 1.29 is 9.13 Å². The molecule has 25 heavy (non-hydrogen) atoms. The van der Waals surface area contributed by atoms with E-state index in [-0.39, 0.29) is 11.4 Å². The zero-order valence-electron chi connectivity index (χ0n) is 13.1. The lowest BCUT2D eigenvalue weighted by atomic mass is 10.2. The molecule has 0 atom stereocenters. The molecule has 0 N–H and O–H groups in total. The van der Waals surface area contributed by atoms with Crippen LogP contribution >= 0.6 is 11.3 Å². The van der Waals surface area contributed by atoms with E-state index in [0.717, 1.165) is 11.3 Å². The Hall–Kier alpha value is -3.06. The molecular weight excluding hydrogens is 341 g/mol. The molecule has 0 unspecified atom stereocenters. The second-order valence-electron chi connectivity index (χ2n) is 5.33. The Morgan fingerprint density at radius 2 is 1.84 bits per heavy atom. The fourth-order valence-electron chi connectivity index (χ4n) is 2.41. The summed E-state index contributed by atoms with van der Waals surface area (Å²) < 4.78 is 20.0. The molecule has 0 saturated carbocycles. The number of aromatic nitrogens is 3. The van der Waals surface area contributed by atoms with Gasteiger partial charge in [-0.25, -0.2) is 4.39 Å². The molecule has 2 heterocycles. The van der Waals surface area contributed by atoms with E-state index < -0.39 is 0 Å². The van der Waals surface area contributed by atoms with Gasteiger partial charge >= 0.3 is 0 Å². The number of benzene rings is 2. The number of rotatable bonds is 3. The Bertz CT molecular complexity index is 1150. The molecule has 0 bridgehead atoms. The van der Waals surface area contributed by atoms with Crippen molar-refractivity contribution in [2.24, 2.45) is 0 Å². The maximum absolute atomic E-state index is 13.0. The van der Waals surface area contributed by atoms with Crippen LogP contribution in [0.4, 0.5) is 4.39 Å². The molecule has 4 rings (SSSR count). The number of halogens is 1. The molecule has 0 aliphatic heterocycles. The van der Waals surface area contributed by atoms with Crippen LogP contribution in [0.2, 0.25) is 0 Å². The van der Waals surface area contributed by atoms with Gasteiger partial charge in [0.05, 0.1) is 11.6 Å². The molecule has 0 amide bonds. The lowest BCUT2D eigenvalue weighted by Gasteiger charge is -1.98. The van der Waals surface area contributed by atoms with E-state index in [1.165, 1.54) is 28.0 Å². The van der Waals surface area contributed by atoms with Crippen LogP contribution in [-0.4, -0.2) is 21.7 Å². The number of nitrogens with zero attached hydrogens (tertiary/aromatic N) is 3. The molecular formula is C18H12FN3O2S. The lowest BCUT2D eigenvalue weighted by Crippen LogP contribution is -2.23. The molecule has 4 aromatic rings. The van der Waals surface area contributed by atoms with E-state index in [1.807, 2.05) is 24.3 Å². The third-order valence-electron chi connectivity index (χ3n) is 3.70. The summed E-state index contributed by atoms with van der Waals surface area (Å²) in [5, 5.41) is 4.24. The normalized spacial score (nSPS) is 12.0. The minimum absolute atomic E-state index is 0.225. The fraction of sp³-hybridized carbons (Fsp3) is 0.0556. The average molecular weight is 353 g/mol. The first-order valence-corrected chi connectivity index (χ1v) is 8.27. The SMILES string of the molecule is COc1ccc(/C=c2/sc3nc(-c4ccc(F)cc4)nn3c2=O)cc1. The van der Waals surface area contributed by atoms with Gasteiger partial charge < -0.3 is 4.74 Å². The summed E-state index contributed by atoms with van der Waals surface area (Å²) in [5.41, 5.74) is 1.33. The minimum atomic E-state index is -0.328. The first kappa shape index (κ1) is 15.5. The molecule has 7 heteroatoms. The third kappa shape index (κ3) is 2.89. The number of hydrogen-bond acceptors (Lipinski definition) is 5. The van der Waals surface area contributed by atoms with Crippen molar-refractivity contribution in [2.45, 2.75) is 0 Å². The van der Waals surface area contributed by atoms with Gasteiger partial charge in [0.25, 0.3) is 5.56 Å². The van der Waals surface area contributed by atoms with Crippen LogP contribution < -0.4 is 14.8 Å². The molecule has 124 valence electrons. The van der Waals surface area contributed by atoms with Crippen molar-refractivity contribution in [1.82, 2.24) is 14.6 Å². The number of ether oxygens (including phenoxy) is 1. The molecule has 2 aromatic carbocycles. The van der Waals surface area contributed by atoms with Crippen molar-refractivity contribution in [2.75, 3.05) is 7.11 Å². The molecule has 0 aliphatic rings. The molecule has 0 aliphatic carbocycles. The Labute approximate surface area is 145 Å². The van der Waals surface area contributed by atoms with Crippen LogP contribution in [0.15, 0.2) is 53.3 Å². The van der Waals surface area contributed by atoms with Crippen LogP contribution in [0.25, 0.3) is 22.4 Å². The van der Waals surface area contributed by atoms with Gasteiger partial charge in [0.15, 0.2) is 5.82 Å². The van der Waals surface area contributed by atoms with Crippen LogP contribution in [0.5, 0.6) is 5.75 Å². The maximum atomic E-state index is 13.0. The van der Waals surface area contributed by atoms with E-state index in [2.05, 4.69) is 10.1 Å². The standard InChI is InChI=1S/C18H12FN3O2S/c1-24-14-8-2-11(3-9-14)10-15-17(23)22-18(25-15)20-16(21-22)12-4-6-13(19)7-5-12/h2-10H,1H3/b15-10+. The number of methoxy groups -OCH3 is 1. The lowest BCUT2D eigenvalue weighted by molar-refractivity contribution is 0.415. The van der Waals surface area contributed by atoms with Gasteiger partial charge in [-0.3, -0.25) is 4.79 Å². The van der Waals surface area contributed by atoms with Gasteiger partial charge in [-0.1, -0.05) is 23.5 Å². The summed E-state index contributed by atoms with van der Waals surface area (Å²) in [6, 6.07) is 13.3. The third-order valence-corrected chi connectivity index (χ3v) is 4.66. The van der Waals surface area contributed by atoms with Gasteiger partial charge in [0.1, 0.15) is 11.6 Å². The van der Waals surface area contributed by atoms with E-state index in [1.54, 1.807) is 25.3 Å². The van der Waals surface area contributed by atoms with Gasteiger partial charge in [-0.2, -0.15) is 9.50 Å². The average Bonchev–Trinajstić information content (AvgIpc) is 3.16. The van der Waals surface area contributed by atoms with Crippen LogP contribution in [-0.2, 0) is 0 Å². The summed E-state index contributed by atoms with van der Waals surface area (Å²) >= 11 is 1.26. The first-order chi connectivity index (χ1) is 12.1. The zero-order chi connectivity index (χ0) is 17.4. The summed E-state index contributed by atoms with van der Waals surface area (Å²) in [7, 11) is 1.60. The highest BCUT2D eigenvalue weighted by Crippen LogP contribution is 2.17. The second kappa shape index (κ2) is 6.10. The number of thiazole rings is 1. The molecule has 0 spiro atoms. The summed E-state index contributed by atoms with van der Waals surface area (Å²) in [4.78, 5) is 17.4. The Morgan fingerprint density at radius 3 is 2.48 bits per heavy atom. The summed E-state index contributed by atoms with van der Waals surface area (Å²) in [6.45, 7) is 0. The maximum Gasteiger partial charge on any atom is 0.291 e. The van der Waals surface area contributed by atoms with E-state index in [0.29, 0.717) is 20.9 Å². The zero-order valence-corrected chi connectivity index (χ0v) is 14.0. The highest BCUT2D eigenvalue weighted by atomic mass is 32.1. The van der Waals surface area contributed by atoms with Gasteiger partial charge in [0, 0.05) is 5.56 Å². The van der Waals surface area contributed by atoms with E-state index >= 15 is 0 Å². The van der Waals surface area contributed by atoms with Crippen LogP contribution in [0.1, 0.15) is 5.56 Å². The number of fused-ring (bicyclic) bond motifs is 1.